The molecule has 5 heteroatoms. The average molecular weight is 262 g/mol. The predicted molar refractivity (Wildman–Crippen MR) is 76.8 cm³/mol. The Kier molecular flexibility index (Phi) is 4.41. The fourth-order valence-corrected chi connectivity index (χ4v) is 2.36. The number of aliphatic imine (C=N–C) groups is 1. The maximum atomic E-state index is 5.80. The molecule has 2 heterocycles. The largest absolute Gasteiger partial charge is 0.370 e. The van der Waals surface area contributed by atoms with Gasteiger partial charge in [-0.2, -0.15) is 0 Å². The Morgan fingerprint density at radius 1 is 1.50 bits per heavy atom. The first-order valence-electron chi connectivity index (χ1n) is 5.91. The highest BCUT2D eigenvalue weighted by Gasteiger charge is 1.96. The number of guanidine groups is 1. The van der Waals surface area contributed by atoms with Crippen LogP contribution in [0.2, 0.25) is 0 Å². The number of aromatic nitrogens is 1. The van der Waals surface area contributed by atoms with Crippen LogP contribution in [-0.2, 0) is 20.0 Å². The van der Waals surface area contributed by atoms with Crippen molar-refractivity contribution in [2.45, 2.75) is 13.0 Å². The molecule has 0 saturated heterocycles. The van der Waals surface area contributed by atoms with Crippen LogP contribution in [0.3, 0.4) is 0 Å². The van der Waals surface area contributed by atoms with Gasteiger partial charge >= 0.3 is 0 Å². The number of nitrogens with one attached hydrogen (secondary N) is 1. The van der Waals surface area contributed by atoms with E-state index in [0.717, 1.165) is 13.0 Å². The molecule has 3 N–H and O–H groups in total. The lowest BCUT2D eigenvalue weighted by molar-refractivity contribution is 0.855. The highest BCUT2D eigenvalue weighted by Crippen LogP contribution is 2.08. The first-order valence-corrected chi connectivity index (χ1v) is 6.79. The third kappa shape index (κ3) is 3.92. The second-order valence-corrected chi connectivity index (χ2v) is 5.18. The van der Waals surface area contributed by atoms with E-state index in [-0.39, 0.29) is 0 Å². The summed E-state index contributed by atoms with van der Waals surface area (Å²) in [5.41, 5.74) is 6.97. The Morgan fingerprint density at radius 2 is 2.39 bits per heavy atom. The van der Waals surface area contributed by atoms with Crippen LogP contribution in [0.5, 0.6) is 0 Å². The molecule has 96 valence electrons. The van der Waals surface area contributed by atoms with Gasteiger partial charge in [0.2, 0.25) is 0 Å². The van der Waals surface area contributed by atoms with Crippen molar-refractivity contribution in [3.8, 4) is 0 Å². The highest BCUT2D eigenvalue weighted by atomic mass is 32.1. The van der Waals surface area contributed by atoms with Crippen molar-refractivity contribution in [1.82, 2.24) is 9.88 Å². The first kappa shape index (κ1) is 12.7. The van der Waals surface area contributed by atoms with Crippen LogP contribution in [0.25, 0.3) is 0 Å². The van der Waals surface area contributed by atoms with Crippen LogP contribution in [0.1, 0.15) is 10.4 Å². The summed E-state index contributed by atoms with van der Waals surface area (Å²) in [6.07, 6.45) is 5.03. The lowest BCUT2D eigenvalue weighted by atomic mass is 10.3. The Hall–Kier alpha value is -1.75. The van der Waals surface area contributed by atoms with Gasteiger partial charge in [-0.15, -0.1) is 11.3 Å². The van der Waals surface area contributed by atoms with Crippen LogP contribution in [-0.4, -0.2) is 17.1 Å². The van der Waals surface area contributed by atoms with Crippen LogP contribution in [0, 0.1) is 0 Å². The molecule has 0 amide bonds. The second-order valence-electron chi connectivity index (χ2n) is 4.14. The lowest BCUT2D eigenvalue weighted by Gasteiger charge is -2.04. The van der Waals surface area contributed by atoms with E-state index in [9.17, 15) is 0 Å². The molecule has 0 aliphatic carbocycles. The van der Waals surface area contributed by atoms with E-state index in [1.807, 2.05) is 30.1 Å². The number of nitrogens with zero attached hydrogens (tertiary/aromatic N) is 2. The Balaban J connectivity index is 1.72. The van der Waals surface area contributed by atoms with Gasteiger partial charge in [0.15, 0.2) is 5.96 Å². The molecule has 0 saturated carbocycles. The maximum absolute atomic E-state index is 5.80. The van der Waals surface area contributed by atoms with E-state index >= 15 is 0 Å². The number of hydrogen-bond acceptors (Lipinski definition) is 2. The predicted octanol–water partition coefficient (Wildman–Crippen LogP) is 1.73. The summed E-state index contributed by atoms with van der Waals surface area (Å²) in [4.78, 5) is 5.66. The topological polar surface area (TPSA) is 55.3 Å². The molecule has 0 atom stereocenters. The summed E-state index contributed by atoms with van der Waals surface area (Å²) in [6.45, 7) is 1.45. The van der Waals surface area contributed by atoms with Gasteiger partial charge in [-0.3, -0.25) is 0 Å². The van der Waals surface area contributed by atoms with E-state index in [2.05, 4.69) is 27.8 Å². The van der Waals surface area contributed by atoms with E-state index in [0.29, 0.717) is 12.5 Å². The van der Waals surface area contributed by atoms with E-state index in [1.165, 1.54) is 10.4 Å². The van der Waals surface area contributed by atoms with Gasteiger partial charge < -0.3 is 15.6 Å². The first-order chi connectivity index (χ1) is 8.74. The van der Waals surface area contributed by atoms with Crippen molar-refractivity contribution in [2.75, 3.05) is 6.54 Å². The van der Waals surface area contributed by atoms with Crippen molar-refractivity contribution < 1.29 is 0 Å². The molecule has 4 nitrogen and oxygen atoms in total. The molecule has 0 bridgehead atoms. The molecule has 0 aliphatic heterocycles. The average Bonchev–Trinajstić information content (AvgIpc) is 2.98. The fourth-order valence-electron chi connectivity index (χ4n) is 1.66. The summed E-state index contributed by atoms with van der Waals surface area (Å²) in [7, 11) is 2.00. The second kappa shape index (κ2) is 6.26. The zero-order chi connectivity index (χ0) is 12.8. The molecule has 0 fully saturated rings. The Labute approximate surface area is 111 Å². The quantitative estimate of drug-likeness (QED) is 0.637. The monoisotopic (exact) mass is 262 g/mol. The number of hydrogen-bond donors (Lipinski definition) is 2. The fraction of sp³-hybridized carbons (Fsp3) is 0.308. The molecule has 0 radical (unpaired) electrons. The summed E-state index contributed by atoms with van der Waals surface area (Å²) in [5, 5.41) is 5.21. The molecule has 0 unspecified atom stereocenters. The zero-order valence-corrected chi connectivity index (χ0v) is 11.3. The Morgan fingerprint density at radius 3 is 3.06 bits per heavy atom. The van der Waals surface area contributed by atoms with E-state index < -0.39 is 0 Å². The van der Waals surface area contributed by atoms with Crippen molar-refractivity contribution in [3.63, 3.8) is 0 Å². The molecule has 0 aliphatic rings. The molecule has 2 aromatic heterocycles. The van der Waals surface area contributed by atoms with Gasteiger partial charge in [0.1, 0.15) is 0 Å². The molecule has 18 heavy (non-hydrogen) atoms. The SMILES string of the molecule is Cn1ccc(CN=C(N)NCCc2cccs2)c1. The third-order valence-electron chi connectivity index (χ3n) is 2.58. The van der Waals surface area contributed by atoms with Gasteiger partial charge in [0, 0.05) is 30.9 Å². The minimum absolute atomic E-state index is 0.510. The molecule has 0 spiro atoms. The van der Waals surface area contributed by atoms with Gasteiger partial charge in [0.05, 0.1) is 6.54 Å². The number of nitrogens with two attached hydrogens (primary N) is 1. The minimum Gasteiger partial charge on any atom is -0.370 e. The van der Waals surface area contributed by atoms with Gasteiger partial charge in [-0.1, -0.05) is 6.07 Å². The van der Waals surface area contributed by atoms with Crippen LogP contribution < -0.4 is 11.1 Å². The van der Waals surface area contributed by atoms with E-state index in [1.54, 1.807) is 11.3 Å². The highest BCUT2D eigenvalue weighted by molar-refractivity contribution is 7.09. The standard InChI is InChI=1S/C13H18N4S/c1-17-7-5-11(10-17)9-16-13(14)15-6-4-12-3-2-8-18-12/h2-3,5,7-8,10H,4,6,9H2,1H3,(H3,14,15,16). The number of aryl methyl sites for hydroxylation is 1. The maximum Gasteiger partial charge on any atom is 0.188 e. The van der Waals surface area contributed by atoms with Crippen molar-refractivity contribution in [1.29, 1.82) is 0 Å². The summed E-state index contributed by atoms with van der Waals surface area (Å²) in [6, 6.07) is 6.24. The molecule has 2 aromatic rings. The van der Waals surface area contributed by atoms with Crippen molar-refractivity contribution in [3.05, 3.63) is 46.4 Å². The normalized spacial score (nSPS) is 11.7. The molecule has 0 aromatic carbocycles. The minimum atomic E-state index is 0.510. The summed E-state index contributed by atoms with van der Waals surface area (Å²) < 4.78 is 2.01. The molecule has 2 rings (SSSR count). The van der Waals surface area contributed by atoms with Gasteiger partial charge in [-0.25, -0.2) is 4.99 Å². The molecular weight excluding hydrogens is 244 g/mol. The zero-order valence-electron chi connectivity index (χ0n) is 10.5. The van der Waals surface area contributed by atoms with Crippen LogP contribution >= 0.6 is 11.3 Å². The lowest BCUT2D eigenvalue weighted by Crippen LogP contribution is -2.33. The summed E-state index contributed by atoms with van der Waals surface area (Å²) >= 11 is 1.76. The van der Waals surface area contributed by atoms with E-state index in [4.69, 9.17) is 5.73 Å². The van der Waals surface area contributed by atoms with Gasteiger partial charge in [-0.05, 0) is 29.5 Å². The smallest absolute Gasteiger partial charge is 0.188 e. The summed E-state index contributed by atoms with van der Waals surface area (Å²) in [5.74, 6) is 0.510. The van der Waals surface area contributed by atoms with Gasteiger partial charge in [0.25, 0.3) is 0 Å². The van der Waals surface area contributed by atoms with Crippen molar-refractivity contribution >= 4 is 17.3 Å². The Bertz CT molecular complexity index is 499. The van der Waals surface area contributed by atoms with Crippen molar-refractivity contribution in [2.24, 2.45) is 17.8 Å². The number of rotatable bonds is 5. The van der Waals surface area contributed by atoms with Crippen LogP contribution in [0.15, 0.2) is 41.0 Å². The molecular formula is C13H18N4S. The third-order valence-corrected chi connectivity index (χ3v) is 3.52. The van der Waals surface area contributed by atoms with Crippen LogP contribution in [0.4, 0.5) is 0 Å². The number of thiophene rings is 1.